The predicted molar refractivity (Wildman–Crippen MR) is 73.1 cm³/mol. The molecule has 2 unspecified atom stereocenters. The van der Waals surface area contributed by atoms with Gasteiger partial charge in [-0.15, -0.1) is 0 Å². The summed E-state index contributed by atoms with van der Waals surface area (Å²) in [4.78, 5) is 11.2. The molecule has 1 N–H and O–H groups in total. The largest absolute Gasteiger partial charge is 0.481 e. The van der Waals surface area contributed by atoms with Gasteiger partial charge in [0.1, 0.15) is 0 Å². The van der Waals surface area contributed by atoms with E-state index in [2.05, 4.69) is 0 Å². The lowest BCUT2D eigenvalue weighted by atomic mass is 10.1. The van der Waals surface area contributed by atoms with Crippen molar-refractivity contribution in [2.45, 2.75) is 43.1 Å². The molecule has 8 heteroatoms. The highest BCUT2D eigenvalue weighted by atomic mass is 32.2. The summed E-state index contributed by atoms with van der Waals surface area (Å²) < 4.78 is 38.0. The van der Waals surface area contributed by atoms with Crippen LogP contribution in [-0.2, 0) is 24.3 Å². The summed E-state index contributed by atoms with van der Waals surface area (Å²) >= 11 is 0. The van der Waals surface area contributed by atoms with E-state index in [-0.39, 0.29) is 0 Å². The van der Waals surface area contributed by atoms with Crippen LogP contribution in [0.2, 0.25) is 0 Å². The molecule has 0 aromatic heterocycles. The lowest BCUT2D eigenvalue weighted by Crippen LogP contribution is -2.50. The van der Waals surface area contributed by atoms with Crippen LogP contribution in [-0.4, -0.2) is 61.1 Å². The number of piperidine rings is 1. The lowest BCUT2D eigenvalue weighted by molar-refractivity contribution is -0.179. The molecule has 0 amide bonds. The first-order valence-corrected chi connectivity index (χ1v) is 8.95. The SMILES string of the molecule is O=C(O)C1CCCC1S(=O)(=O)N1CCC2(CC1)OCCO2. The number of rotatable bonds is 3. The summed E-state index contributed by atoms with van der Waals surface area (Å²) in [6.45, 7) is 1.78. The molecule has 2 heterocycles. The van der Waals surface area contributed by atoms with Crippen LogP contribution in [0, 0.1) is 5.92 Å². The zero-order chi connectivity index (χ0) is 15.1. The molecule has 7 nitrogen and oxygen atoms in total. The van der Waals surface area contributed by atoms with Gasteiger partial charge in [-0.05, 0) is 12.8 Å². The van der Waals surface area contributed by atoms with Crippen molar-refractivity contribution in [2.24, 2.45) is 5.92 Å². The van der Waals surface area contributed by atoms with Gasteiger partial charge in [-0.3, -0.25) is 4.79 Å². The third kappa shape index (κ3) is 2.69. The molecule has 0 aromatic carbocycles. The summed E-state index contributed by atoms with van der Waals surface area (Å²) in [6, 6.07) is 0. The van der Waals surface area contributed by atoms with Crippen LogP contribution in [0.5, 0.6) is 0 Å². The fourth-order valence-electron chi connectivity index (χ4n) is 3.62. The van der Waals surface area contributed by atoms with E-state index in [4.69, 9.17) is 9.47 Å². The molecular weight excluding hydrogens is 298 g/mol. The van der Waals surface area contributed by atoms with Crippen LogP contribution in [0.15, 0.2) is 0 Å². The van der Waals surface area contributed by atoms with Crippen LogP contribution in [0.1, 0.15) is 32.1 Å². The van der Waals surface area contributed by atoms with Crippen LogP contribution < -0.4 is 0 Å². The van der Waals surface area contributed by atoms with Crippen molar-refractivity contribution in [3.8, 4) is 0 Å². The molecule has 0 radical (unpaired) electrons. The second kappa shape index (κ2) is 5.49. The summed E-state index contributed by atoms with van der Waals surface area (Å²) in [5, 5.41) is 8.41. The topological polar surface area (TPSA) is 93.1 Å². The second-order valence-electron chi connectivity index (χ2n) is 5.97. The molecule has 2 saturated heterocycles. The minimum atomic E-state index is -3.56. The van der Waals surface area contributed by atoms with Crippen molar-refractivity contribution in [2.75, 3.05) is 26.3 Å². The van der Waals surface area contributed by atoms with Crippen molar-refractivity contribution in [3.63, 3.8) is 0 Å². The van der Waals surface area contributed by atoms with Gasteiger partial charge in [-0.1, -0.05) is 6.42 Å². The number of nitrogens with zero attached hydrogens (tertiary/aromatic N) is 1. The second-order valence-corrected chi connectivity index (χ2v) is 8.12. The molecule has 1 spiro atoms. The quantitative estimate of drug-likeness (QED) is 0.810. The van der Waals surface area contributed by atoms with Crippen LogP contribution >= 0.6 is 0 Å². The highest BCUT2D eigenvalue weighted by molar-refractivity contribution is 7.89. The van der Waals surface area contributed by atoms with E-state index in [1.165, 1.54) is 4.31 Å². The van der Waals surface area contributed by atoms with Crippen molar-refractivity contribution >= 4 is 16.0 Å². The molecule has 3 rings (SSSR count). The summed E-state index contributed by atoms with van der Waals surface area (Å²) in [5.41, 5.74) is 0. The summed E-state index contributed by atoms with van der Waals surface area (Å²) in [5.74, 6) is -2.39. The van der Waals surface area contributed by atoms with E-state index in [1.54, 1.807) is 0 Å². The molecule has 3 aliphatic rings. The smallest absolute Gasteiger partial charge is 0.307 e. The Morgan fingerprint density at radius 1 is 1.14 bits per heavy atom. The first kappa shape index (κ1) is 15.2. The first-order valence-electron chi connectivity index (χ1n) is 7.44. The van der Waals surface area contributed by atoms with E-state index in [9.17, 15) is 18.3 Å². The molecule has 1 aliphatic carbocycles. The minimum Gasteiger partial charge on any atom is -0.481 e. The van der Waals surface area contributed by atoms with Crippen LogP contribution in [0.25, 0.3) is 0 Å². The number of sulfonamides is 1. The molecular formula is C13H21NO6S. The van der Waals surface area contributed by atoms with Gasteiger partial charge < -0.3 is 14.6 Å². The average molecular weight is 319 g/mol. The van der Waals surface area contributed by atoms with Gasteiger partial charge in [-0.25, -0.2) is 12.7 Å². The Labute approximate surface area is 124 Å². The molecule has 2 aliphatic heterocycles. The van der Waals surface area contributed by atoms with Gasteiger partial charge in [0.15, 0.2) is 5.79 Å². The predicted octanol–water partition coefficient (Wildman–Crippen LogP) is 0.408. The maximum atomic E-state index is 12.7. The van der Waals surface area contributed by atoms with Gasteiger partial charge in [0.05, 0.1) is 24.4 Å². The molecule has 2 atom stereocenters. The van der Waals surface area contributed by atoms with Crippen molar-refractivity contribution in [3.05, 3.63) is 0 Å². The number of aliphatic carboxylic acids is 1. The third-order valence-electron chi connectivity index (χ3n) is 4.81. The van der Waals surface area contributed by atoms with Crippen LogP contribution in [0.3, 0.4) is 0 Å². The highest BCUT2D eigenvalue weighted by Crippen LogP contribution is 2.37. The standard InChI is InChI=1S/C13H21NO6S/c15-12(16)10-2-1-3-11(10)21(17,18)14-6-4-13(5-7-14)19-8-9-20-13/h10-11H,1-9H2,(H,15,16). The molecule has 3 fully saturated rings. The van der Waals surface area contributed by atoms with Crippen molar-refractivity contribution in [1.82, 2.24) is 4.31 Å². The first-order chi connectivity index (χ1) is 9.95. The number of ether oxygens (including phenoxy) is 2. The maximum Gasteiger partial charge on any atom is 0.307 e. The van der Waals surface area contributed by atoms with Gasteiger partial charge >= 0.3 is 5.97 Å². The Balaban J connectivity index is 1.70. The van der Waals surface area contributed by atoms with E-state index in [0.717, 1.165) is 0 Å². The Morgan fingerprint density at radius 3 is 2.33 bits per heavy atom. The Bertz CT molecular complexity index is 503. The Morgan fingerprint density at radius 2 is 1.76 bits per heavy atom. The summed E-state index contributed by atoms with van der Waals surface area (Å²) in [7, 11) is -3.56. The fourth-order valence-corrected chi connectivity index (χ4v) is 5.83. The third-order valence-corrected chi connectivity index (χ3v) is 7.22. The molecule has 120 valence electrons. The summed E-state index contributed by atoms with van der Waals surface area (Å²) in [6.07, 6.45) is 2.56. The number of hydrogen-bond donors (Lipinski definition) is 1. The zero-order valence-corrected chi connectivity index (χ0v) is 12.7. The number of carbonyl (C=O) groups is 1. The average Bonchev–Trinajstić information content (AvgIpc) is 3.09. The molecule has 21 heavy (non-hydrogen) atoms. The van der Waals surface area contributed by atoms with E-state index in [0.29, 0.717) is 58.4 Å². The van der Waals surface area contributed by atoms with E-state index >= 15 is 0 Å². The van der Waals surface area contributed by atoms with Gasteiger partial charge in [0, 0.05) is 25.9 Å². The Hall–Kier alpha value is -0.700. The number of carboxylic acid groups (broad SMARTS) is 1. The minimum absolute atomic E-state index is 0.338. The van der Waals surface area contributed by atoms with E-state index < -0.39 is 32.9 Å². The van der Waals surface area contributed by atoms with Crippen molar-refractivity contribution < 1.29 is 27.8 Å². The van der Waals surface area contributed by atoms with Crippen LogP contribution in [0.4, 0.5) is 0 Å². The number of hydrogen-bond acceptors (Lipinski definition) is 5. The van der Waals surface area contributed by atoms with E-state index in [1.807, 2.05) is 0 Å². The molecule has 0 bridgehead atoms. The number of carboxylic acids is 1. The lowest BCUT2D eigenvalue weighted by Gasteiger charge is -2.38. The van der Waals surface area contributed by atoms with Crippen molar-refractivity contribution in [1.29, 1.82) is 0 Å². The normalized spacial score (nSPS) is 33.5. The monoisotopic (exact) mass is 319 g/mol. The fraction of sp³-hybridized carbons (Fsp3) is 0.923. The molecule has 1 saturated carbocycles. The van der Waals surface area contributed by atoms with Gasteiger partial charge in [-0.2, -0.15) is 0 Å². The highest BCUT2D eigenvalue weighted by Gasteiger charge is 2.48. The maximum absolute atomic E-state index is 12.7. The van der Waals surface area contributed by atoms with Gasteiger partial charge in [0.2, 0.25) is 10.0 Å². The zero-order valence-electron chi connectivity index (χ0n) is 11.9. The van der Waals surface area contributed by atoms with Gasteiger partial charge in [0.25, 0.3) is 0 Å². The Kier molecular flexibility index (Phi) is 3.98. The molecule has 0 aromatic rings.